The van der Waals surface area contributed by atoms with Crippen LogP contribution in [0, 0.1) is 5.92 Å². The van der Waals surface area contributed by atoms with Gasteiger partial charge in [0.1, 0.15) is 5.60 Å². The third kappa shape index (κ3) is 5.85. The smallest absolute Gasteiger partial charge is 0.410 e. The molecular formula is C20H38N2O3. The lowest BCUT2D eigenvalue weighted by molar-refractivity contribution is 0.0103. The molecule has 2 aliphatic rings. The quantitative estimate of drug-likeness (QED) is 0.790. The Kier molecular flexibility index (Phi) is 6.77. The standard InChI is InChI=1S/C20H38N2O3/c1-6-20(5,24)14-21-16-11-8-7-10-15(16)17-12-9-13-22(17)18(23)25-19(2,3)4/h15-17,21,24H,6-14H2,1-5H3. The number of hydrogen-bond donors (Lipinski definition) is 2. The second-order valence-corrected chi connectivity index (χ2v) is 9.17. The molecule has 0 aromatic heterocycles. The molecule has 0 spiro atoms. The minimum absolute atomic E-state index is 0.167. The van der Waals surface area contributed by atoms with Crippen LogP contribution in [0.1, 0.15) is 79.6 Å². The van der Waals surface area contributed by atoms with Crippen molar-refractivity contribution in [1.82, 2.24) is 10.2 Å². The lowest BCUT2D eigenvalue weighted by Crippen LogP contribution is -2.53. The van der Waals surface area contributed by atoms with Crippen molar-refractivity contribution >= 4 is 6.09 Å². The molecule has 0 aromatic carbocycles. The number of nitrogens with one attached hydrogen (secondary N) is 1. The zero-order valence-electron chi connectivity index (χ0n) is 16.8. The zero-order valence-corrected chi connectivity index (χ0v) is 16.8. The summed E-state index contributed by atoms with van der Waals surface area (Å²) in [5, 5.41) is 13.9. The Morgan fingerprint density at radius 3 is 2.48 bits per heavy atom. The molecule has 5 nitrogen and oxygen atoms in total. The maximum absolute atomic E-state index is 12.6. The molecule has 2 N–H and O–H groups in total. The Morgan fingerprint density at radius 2 is 1.84 bits per heavy atom. The van der Waals surface area contributed by atoms with Crippen LogP contribution in [0.3, 0.4) is 0 Å². The second-order valence-electron chi connectivity index (χ2n) is 9.17. The van der Waals surface area contributed by atoms with Gasteiger partial charge >= 0.3 is 6.09 Å². The number of nitrogens with zero attached hydrogens (tertiary/aromatic N) is 1. The summed E-state index contributed by atoms with van der Waals surface area (Å²) in [6.45, 7) is 11.1. The third-order valence-corrected chi connectivity index (χ3v) is 5.75. The van der Waals surface area contributed by atoms with Crippen molar-refractivity contribution in [3.63, 3.8) is 0 Å². The van der Waals surface area contributed by atoms with Gasteiger partial charge in [0.05, 0.1) is 5.60 Å². The van der Waals surface area contributed by atoms with E-state index >= 15 is 0 Å². The number of aliphatic hydroxyl groups is 1. The van der Waals surface area contributed by atoms with E-state index in [1.807, 2.05) is 39.5 Å². The number of carbonyl (C=O) groups is 1. The molecule has 0 radical (unpaired) electrons. The summed E-state index contributed by atoms with van der Waals surface area (Å²) in [6, 6.07) is 0.638. The molecule has 25 heavy (non-hydrogen) atoms. The first-order valence-corrected chi connectivity index (χ1v) is 10.1. The van der Waals surface area contributed by atoms with E-state index in [-0.39, 0.29) is 12.1 Å². The number of ether oxygens (including phenoxy) is 1. The Labute approximate surface area is 153 Å². The van der Waals surface area contributed by atoms with Crippen molar-refractivity contribution in [1.29, 1.82) is 0 Å². The monoisotopic (exact) mass is 354 g/mol. The predicted octanol–water partition coefficient (Wildman–Crippen LogP) is 3.70. The molecule has 1 aliphatic heterocycles. The summed E-state index contributed by atoms with van der Waals surface area (Å²) in [5.41, 5.74) is -1.11. The van der Waals surface area contributed by atoms with E-state index in [0.29, 0.717) is 18.5 Å². The molecule has 146 valence electrons. The number of amides is 1. The first-order valence-electron chi connectivity index (χ1n) is 10.1. The van der Waals surface area contributed by atoms with Gasteiger partial charge in [0.25, 0.3) is 0 Å². The zero-order chi connectivity index (χ0) is 18.7. The predicted molar refractivity (Wildman–Crippen MR) is 101 cm³/mol. The van der Waals surface area contributed by atoms with Crippen molar-refractivity contribution in [2.45, 2.75) is 103 Å². The Morgan fingerprint density at radius 1 is 1.16 bits per heavy atom. The molecule has 1 amide bonds. The van der Waals surface area contributed by atoms with Gasteiger partial charge in [0.15, 0.2) is 0 Å². The van der Waals surface area contributed by atoms with Crippen LogP contribution in [-0.2, 0) is 4.74 Å². The molecule has 5 heteroatoms. The van der Waals surface area contributed by atoms with E-state index in [9.17, 15) is 9.90 Å². The average Bonchev–Trinajstić information content (AvgIpc) is 3.01. The number of hydrogen-bond acceptors (Lipinski definition) is 4. The van der Waals surface area contributed by atoms with Crippen LogP contribution < -0.4 is 5.32 Å². The minimum Gasteiger partial charge on any atom is -0.444 e. The van der Waals surface area contributed by atoms with Gasteiger partial charge < -0.3 is 20.1 Å². The Bertz CT molecular complexity index is 445. The topological polar surface area (TPSA) is 61.8 Å². The van der Waals surface area contributed by atoms with Crippen LogP contribution in [0.2, 0.25) is 0 Å². The van der Waals surface area contributed by atoms with Gasteiger partial charge in [0.2, 0.25) is 0 Å². The maximum atomic E-state index is 12.6. The van der Waals surface area contributed by atoms with Crippen LogP contribution in [0.5, 0.6) is 0 Å². The van der Waals surface area contributed by atoms with Gasteiger partial charge in [-0.1, -0.05) is 19.8 Å². The summed E-state index contributed by atoms with van der Waals surface area (Å²) in [4.78, 5) is 14.6. The lowest BCUT2D eigenvalue weighted by atomic mass is 9.78. The normalized spacial score (nSPS) is 30.2. The van der Waals surface area contributed by atoms with Gasteiger partial charge in [-0.2, -0.15) is 0 Å². The van der Waals surface area contributed by atoms with E-state index < -0.39 is 11.2 Å². The SMILES string of the molecule is CCC(C)(O)CNC1CCCCC1C1CCCN1C(=O)OC(C)(C)C. The first kappa shape index (κ1) is 20.5. The van der Waals surface area contributed by atoms with E-state index in [2.05, 4.69) is 5.32 Å². The Hall–Kier alpha value is -0.810. The van der Waals surface area contributed by atoms with Gasteiger partial charge in [-0.15, -0.1) is 0 Å². The molecule has 4 atom stereocenters. The highest BCUT2D eigenvalue weighted by atomic mass is 16.6. The highest BCUT2D eigenvalue weighted by molar-refractivity contribution is 5.69. The van der Waals surface area contributed by atoms with Crippen molar-refractivity contribution in [3.8, 4) is 0 Å². The van der Waals surface area contributed by atoms with Crippen LogP contribution in [0.25, 0.3) is 0 Å². The van der Waals surface area contributed by atoms with E-state index in [1.165, 1.54) is 12.8 Å². The number of likely N-dealkylation sites (tertiary alicyclic amines) is 1. The molecule has 4 unspecified atom stereocenters. The highest BCUT2D eigenvalue weighted by Crippen LogP contribution is 2.35. The van der Waals surface area contributed by atoms with Gasteiger partial charge in [-0.25, -0.2) is 4.79 Å². The highest BCUT2D eigenvalue weighted by Gasteiger charge is 2.41. The average molecular weight is 355 g/mol. The fourth-order valence-corrected chi connectivity index (χ4v) is 4.13. The van der Waals surface area contributed by atoms with Gasteiger partial charge in [-0.3, -0.25) is 0 Å². The van der Waals surface area contributed by atoms with Crippen LogP contribution in [0.4, 0.5) is 4.79 Å². The van der Waals surface area contributed by atoms with E-state index in [1.54, 1.807) is 0 Å². The van der Waals surface area contributed by atoms with E-state index in [4.69, 9.17) is 4.74 Å². The van der Waals surface area contributed by atoms with Crippen LogP contribution in [-0.4, -0.2) is 52.5 Å². The summed E-state index contributed by atoms with van der Waals surface area (Å²) in [5.74, 6) is 0.455. The maximum Gasteiger partial charge on any atom is 0.410 e. The molecule has 1 heterocycles. The third-order valence-electron chi connectivity index (χ3n) is 5.75. The summed E-state index contributed by atoms with van der Waals surface area (Å²) < 4.78 is 5.64. The minimum atomic E-state index is -0.664. The fourth-order valence-electron chi connectivity index (χ4n) is 4.13. The summed E-state index contributed by atoms with van der Waals surface area (Å²) in [7, 11) is 0. The number of rotatable bonds is 5. The molecule has 1 aliphatic carbocycles. The van der Waals surface area contributed by atoms with Crippen molar-refractivity contribution in [2.24, 2.45) is 5.92 Å². The molecule has 0 bridgehead atoms. The molecule has 2 fully saturated rings. The lowest BCUT2D eigenvalue weighted by Gasteiger charge is -2.41. The van der Waals surface area contributed by atoms with Gasteiger partial charge in [0, 0.05) is 25.2 Å². The van der Waals surface area contributed by atoms with E-state index in [0.717, 1.165) is 38.6 Å². The summed E-state index contributed by atoms with van der Waals surface area (Å²) >= 11 is 0. The second kappa shape index (κ2) is 8.26. The fraction of sp³-hybridized carbons (Fsp3) is 0.950. The van der Waals surface area contributed by atoms with Crippen molar-refractivity contribution < 1.29 is 14.6 Å². The Balaban J connectivity index is 2.03. The summed E-state index contributed by atoms with van der Waals surface area (Å²) in [6.07, 6.45) is 7.42. The van der Waals surface area contributed by atoms with Gasteiger partial charge in [-0.05, 0) is 65.7 Å². The molecule has 0 aromatic rings. The molecule has 2 rings (SSSR count). The van der Waals surface area contributed by atoms with Crippen molar-refractivity contribution in [3.05, 3.63) is 0 Å². The van der Waals surface area contributed by atoms with Crippen LogP contribution in [0.15, 0.2) is 0 Å². The molecular weight excluding hydrogens is 316 g/mol. The first-order chi connectivity index (χ1) is 11.6. The van der Waals surface area contributed by atoms with Crippen LogP contribution >= 0.6 is 0 Å². The van der Waals surface area contributed by atoms with Crippen molar-refractivity contribution in [2.75, 3.05) is 13.1 Å². The molecule has 1 saturated heterocycles. The number of carbonyl (C=O) groups excluding carboxylic acids is 1. The largest absolute Gasteiger partial charge is 0.444 e. The molecule has 1 saturated carbocycles.